The summed E-state index contributed by atoms with van der Waals surface area (Å²) in [6, 6.07) is 25.1. The van der Waals surface area contributed by atoms with Crippen molar-refractivity contribution in [3.8, 4) is 0 Å². The van der Waals surface area contributed by atoms with E-state index in [1.54, 1.807) is 0 Å². The number of hydrogen-bond donors (Lipinski definition) is 0. The van der Waals surface area contributed by atoms with Crippen LogP contribution in [0.15, 0.2) is 72.8 Å². The number of carbonyl (C=O) groups is 1. The molecule has 4 rings (SSSR count). The predicted molar refractivity (Wildman–Crippen MR) is 85.5 cm³/mol. The second kappa shape index (κ2) is 4.56. The molecule has 1 saturated carbocycles. The van der Waals surface area contributed by atoms with Crippen molar-refractivity contribution in [1.82, 2.24) is 0 Å². The first kappa shape index (κ1) is 12.3. The first-order chi connectivity index (χ1) is 10.3. The monoisotopic (exact) mass is 272 g/mol. The molecule has 0 aromatic heterocycles. The van der Waals surface area contributed by atoms with E-state index in [-0.39, 0.29) is 5.41 Å². The molecule has 1 aliphatic rings. The molecular weight excluding hydrogens is 256 g/mol. The summed E-state index contributed by atoms with van der Waals surface area (Å²) < 4.78 is 0. The molecule has 1 heteroatoms. The van der Waals surface area contributed by atoms with Crippen molar-refractivity contribution in [2.75, 3.05) is 0 Å². The highest BCUT2D eigenvalue weighted by molar-refractivity contribution is 5.84. The number of carbonyl (C=O) groups excluding carboxylic acids is 1. The van der Waals surface area contributed by atoms with E-state index >= 15 is 0 Å². The maximum atomic E-state index is 11.7. The molecule has 0 unspecified atom stereocenters. The van der Waals surface area contributed by atoms with Gasteiger partial charge in [-0.05, 0) is 28.3 Å². The Morgan fingerprint density at radius 2 is 1.57 bits per heavy atom. The molecule has 2 atom stereocenters. The molecule has 0 spiro atoms. The normalized spacial score (nSPS) is 23.9. The molecule has 3 aromatic carbocycles. The molecule has 1 aliphatic carbocycles. The van der Waals surface area contributed by atoms with E-state index in [1.165, 1.54) is 16.3 Å². The van der Waals surface area contributed by atoms with E-state index in [1.807, 2.05) is 18.2 Å². The largest absolute Gasteiger partial charge is 0.302 e. The lowest BCUT2D eigenvalue weighted by Gasteiger charge is -2.11. The SMILES string of the molecule is O=C[C@]1(c2ccccc2)C[C@H]1c1ccc2ccccc2c1. The van der Waals surface area contributed by atoms with E-state index in [9.17, 15) is 4.79 Å². The molecule has 0 aliphatic heterocycles. The highest BCUT2D eigenvalue weighted by atomic mass is 16.1. The summed E-state index contributed by atoms with van der Waals surface area (Å²) in [5.74, 6) is 0.307. The first-order valence-corrected chi connectivity index (χ1v) is 7.34. The fourth-order valence-corrected chi connectivity index (χ4v) is 3.38. The third kappa shape index (κ3) is 1.89. The summed E-state index contributed by atoms with van der Waals surface area (Å²) >= 11 is 0. The Morgan fingerprint density at radius 3 is 2.33 bits per heavy atom. The van der Waals surface area contributed by atoms with Crippen LogP contribution >= 0.6 is 0 Å². The van der Waals surface area contributed by atoms with Gasteiger partial charge >= 0.3 is 0 Å². The van der Waals surface area contributed by atoms with Gasteiger partial charge in [0, 0.05) is 5.92 Å². The number of fused-ring (bicyclic) bond motifs is 1. The Kier molecular flexibility index (Phi) is 2.68. The van der Waals surface area contributed by atoms with Crippen LogP contribution in [0.2, 0.25) is 0 Å². The van der Waals surface area contributed by atoms with Gasteiger partial charge in [0.2, 0.25) is 0 Å². The lowest BCUT2D eigenvalue weighted by molar-refractivity contribution is -0.110. The van der Waals surface area contributed by atoms with Crippen LogP contribution in [0.1, 0.15) is 23.5 Å². The molecule has 0 bridgehead atoms. The molecule has 0 amide bonds. The summed E-state index contributed by atoms with van der Waals surface area (Å²) in [6.45, 7) is 0. The van der Waals surface area contributed by atoms with Gasteiger partial charge in [-0.3, -0.25) is 0 Å². The van der Waals surface area contributed by atoms with Crippen LogP contribution < -0.4 is 0 Å². The van der Waals surface area contributed by atoms with Crippen LogP contribution in [0.5, 0.6) is 0 Å². The molecule has 0 radical (unpaired) electrons. The fourth-order valence-electron chi connectivity index (χ4n) is 3.38. The quantitative estimate of drug-likeness (QED) is 0.643. The van der Waals surface area contributed by atoms with Gasteiger partial charge in [-0.25, -0.2) is 0 Å². The average molecular weight is 272 g/mol. The van der Waals surface area contributed by atoms with Gasteiger partial charge in [-0.2, -0.15) is 0 Å². The molecule has 0 N–H and O–H groups in total. The molecule has 21 heavy (non-hydrogen) atoms. The van der Waals surface area contributed by atoms with E-state index < -0.39 is 0 Å². The molecule has 0 heterocycles. The Morgan fingerprint density at radius 1 is 0.857 bits per heavy atom. The first-order valence-electron chi connectivity index (χ1n) is 7.34. The van der Waals surface area contributed by atoms with Gasteiger partial charge in [-0.1, -0.05) is 72.8 Å². The average Bonchev–Trinajstić information content (AvgIpc) is 3.31. The molecule has 0 saturated heterocycles. The van der Waals surface area contributed by atoms with Crippen molar-refractivity contribution in [3.63, 3.8) is 0 Å². The minimum atomic E-state index is -0.316. The van der Waals surface area contributed by atoms with Gasteiger partial charge in [0.25, 0.3) is 0 Å². The molecular formula is C20H16O. The highest BCUT2D eigenvalue weighted by Gasteiger charge is 2.56. The van der Waals surface area contributed by atoms with E-state index in [0.29, 0.717) is 5.92 Å². The second-order valence-electron chi connectivity index (χ2n) is 5.89. The third-order valence-electron chi connectivity index (χ3n) is 4.70. The number of aldehydes is 1. The van der Waals surface area contributed by atoms with Crippen molar-refractivity contribution < 1.29 is 4.79 Å². The zero-order valence-electron chi connectivity index (χ0n) is 11.7. The molecule has 3 aromatic rings. The lowest BCUT2D eigenvalue weighted by atomic mass is 9.91. The minimum Gasteiger partial charge on any atom is -0.302 e. The second-order valence-corrected chi connectivity index (χ2v) is 5.89. The Labute approximate surface area is 124 Å². The van der Waals surface area contributed by atoms with Gasteiger partial charge in [0.15, 0.2) is 0 Å². The Hall–Kier alpha value is -2.41. The summed E-state index contributed by atoms with van der Waals surface area (Å²) in [4.78, 5) is 11.7. The van der Waals surface area contributed by atoms with Crippen molar-refractivity contribution in [1.29, 1.82) is 0 Å². The van der Waals surface area contributed by atoms with E-state index in [4.69, 9.17) is 0 Å². The van der Waals surface area contributed by atoms with E-state index in [2.05, 4.69) is 54.6 Å². The van der Waals surface area contributed by atoms with Crippen LogP contribution in [0.25, 0.3) is 10.8 Å². The van der Waals surface area contributed by atoms with Gasteiger partial charge in [-0.15, -0.1) is 0 Å². The summed E-state index contributed by atoms with van der Waals surface area (Å²) in [6.07, 6.45) is 2.06. The van der Waals surface area contributed by atoms with Gasteiger partial charge in [0.1, 0.15) is 6.29 Å². The topological polar surface area (TPSA) is 17.1 Å². The van der Waals surface area contributed by atoms with Gasteiger partial charge in [0.05, 0.1) is 5.41 Å². The molecule has 1 nitrogen and oxygen atoms in total. The van der Waals surface area contributed by atoms with Crippen molar-refractivity contribution in [2.45, 2.75) is 17.8 Å². The predicted octanol–water partition coefficient (Wildman–Crippen LogP) is 4.46. The van der Waals surface area contributed by atoms with Crippen molar-refractivity contribution in [2.24, 2.45) is 0 Å². The summed E-state index contributed by atoms with van der Waals surface area (Å²) in [5.41, 5.74) is 2.09. The Bertz CT molecular complexity index is 806. The minimum absolute atomic E-state index is 0.307. The number of benzene rings is 3. The zero-order valence-corrected chi connectivity index (χ0v) is 11.7. The Balaban J connectivity index is 1.75. The van der Waals surface area contributed by atoms with Crippen LogP contribution in [0.3, 0.4) is 0 Å². The maximum absolute atomic E-state index is 11.7. The standard InChI is InChI=1S/C20H16O/c21-14-20(18-8-2-1-3-9-18)13-19(20)17-11-10-15-6-4-5-7-16(15)12-17/h1-12,14,19H,13H2/t19-,20-/m0/s1. The fraction of sp³-hybridized carbons (Fsp3) is 0.150. The summed E-state index contributed by atoms with van der Waals surface area (Å²) in [7, 11) is 0. The number of rotatable bonds is 3. The molecule has 102 valence electrons. The summed E-state index contributed by atoms with van der Waals surface area (Å²) in [5, 5.41) is 2.49. The smallest absolute Gasteiger partial charge is 0.131 e. The van der Waals surface area contributed by atoms with Crippen LogP contribution in [0, 0.1) is 0 Å². The van der Waals surface area contributed by atoms with Crippen molar-refractivity contribution in [3.05, 3.63) is 83.9 Å². The van der Waals surface area contributed by atoms with Gasteiger partial charge < -0.3 is 4.79 Å². The maximum Gasteiger partial charge on any atom is 0.131 e. The van der Waals surface area contributed by atoms with Crippen LogP contribution in [0.4, 0.5) is 0 Å². The number of hydrogen-bond acceptors (Lipinski definition) is 1. The highest BCUT2D eigenvalue weighted by Crippen LogP contribution is 2.59. The third-order valence-corrected chi connectivity index (χ3v) is 4.70. The molecule has 1 fully saturated rings. The lowest BCUT2D eigenvalue weighted by Crippen LogP contribution is -2.11. The van der Waals surface area contributed by atoms with Crippen LogP contribution in [-0.4, -0.2) is 6.29 Å². The van der Waals surface area contributed by atoms with Crippen molar-refractivity contribution >= 4 is 17.1 Å². The van der Waals surface area contributed by atoms with E-state index in [0.717, 1.165) is 18.3 Å². The zero-order chi connectivity index (χ0) is 14.3. The van der Waals surface area contributed by atoms with Crippen LogP contribution in [-0.2, 0) is 10.2 Å².